The highest BCUT2D eigenvalue weighted by Crippen LogP contribution is 2.22. The first-order valence-electron chi connectivity index (χ1n) is 12.1. The number of thiophene rings is 4. The van der Waals surface area contributed by atoms with Gasteiger partial charge in [0.15, 0.2) is 0 Å². The van der Waals surface area contributed by atoms with Gasteiger partial charge < -0.3 is 0 Å². The van der Waals surface area contributed by atoms with Gasteiger partial charge in [0.2, 0.25) is 0 Å². The molecule has 8 nitrogen and oxygen atoms in total. The van der Waals surface area contributed by atoms with E-state index in [2.05, 4.69) is 65.2 Å². The number of hydrogen-bond donors (Lipinski definition) is 0. The highest BCUT2D eigenvalue weighted by Gasteiger charge is 1.99. The lowest BCUT2D eigenvalue weighted by Gasteiger charge is -1.89. The van der Waals surface area contributed by atoms with Crippen molar-refractivity contribution >= 4 is 86.2 Å². The molecule has 0 radical (unpaired) electrons. The smallest absolute Gasteiger partial charge is 0.125 e. The zero-order chi connectivity index (χ0) is 27.9. The van der Waals surface area contributed by atoms with Gasteiger partial charge in [0, 0.05) is 23.5 Å². The van der Waals surface area contributed by atoms with Crippen LogP contribution in [0.1, 0.15) is 22.0 Å². The fourth-order valence-electron chi connectivity index (χ4n) is 3.59. The van der Waals surface area contributed by atoms with Crippen molar-refractivity contribution in [3.05, 3.63) is 93.9 Å². The normalized spacial score (nSPS) is 10.5. The van der Waals surface area contributed by atoms with Gasteiger partial charge in [-0.3, -0.25) is 0 Å². The van der Waals surface area contributed by atoms with E-state index in [9.17, 15) is 0 Å². The molecule has 8 heterocycles. The van der Waals surface area contributed by atoms with Crippen molar-refractivity contribution in [1.82, 2.24) is 39.9 Å². The molecule has 0 aliphatic rings. The van der Waals surface area contributed by atoms with Gasteiger partial charge in [-0.2, -0.15) is 0 Å². The van der Waals surface area contributed by atoms with E-state index < -0.39 is 0 Å². The molecule has 0 amide bonds. The number of fused-ring (bicyclic) bond motifs is 4. The standard InChI is InChI=1S/4C7H6N2S/c1-5-3-10-6-2-8-4-9-7(5)6;1-5-2-6-7(10-5)3-8-4-9-6;1-5-7-6(2-3-10-7)9-4-8-5;1-5-8-4-7-6(9-5)2-3-10-7/h4*2-4H,1H3. The van der Waals surface area contributed by atoms with Gasteiger partial charge in [0.05, 0.1) is 46.6 Å². The summed E-state index contributed by atoms with van der Waals surface area (Å²) in [6, 6.07) is 6.09. The van der Waals surface area contributed by atoms with E-state index in [1.54, 1.807) is 64.3 Å². The summed E-state index contributed by atoms with van der Waals surface area (Å²) in [7, 11) is 0. The zero-order valence-corrected chi connectivity index (χ0v) is 25.4. The number of aromatic nitrogens is 8. The third-order valence-electron chi connectivity index (χ3n) is 5.48. The maximum Gasteiger partial charge on any atom is 0.125 e. The van der Waals surface area contributed by atoms with Crippen molar-refractivity contribution < 1.29 is 0 Å². The minimum Gasteiger partial charge on any atom is -0.243 e. The van der Waals surface area contributed by atoms with Crippen LogP contribution >= 0.6 is 45.3 Å². The Balaban J connectivity index is 0.000000108. The lowest BCUT2D eigenvalue weighted by molar-refractivity contribution is 1.10. The summed E-state index contributed by atoms with van der Waals surface area (Å²) in [6.45, 7) is 8.04. The summed E-state index contributed by atoms with van der Waals surface area (Å²) in [5.74, 6) is 0.839. The maximum atomic E-state index is 4.23. The van der Waals surface area contributed by atoms with Crippen molar-refractivity contribution in [2.24, 2.45) is 0 Å². The molecule has 0 saturated carbocycles. The van der Waals surface area contributed by atoms with Crippen LogP contribution in [0.4, 0.5) is 0 Å². The summed E-state index contributed by atoms with van der Waals surface area (Å²) >= 11 is 6.78. The highest BCUT2D eigenvalue weighted by atomic mass is 32.1. The van der Waals surface area contributed by atoms with Crippen molar-refractivity contribution in [3.63, 3.8) is 0 Å². The van der Waals surface area contributed by atoms with Gasteiger partial charge in [-0.1, -0.05) is 0 Å². The molecule has 0 fully saturated rings. The Kier molecular flexibility index (Phi) is 9.01. The van der Waals surface area contributed by atoms with Crippen molar-refractivity contribution in [2.45, 2.75) is 27.7 Å². The SMILES string of the molecule is Cc1cc2ncncc2s1.Cc1csc2cncnc12.Cc1ncc2sccc2n1.Cc1ncnc2ccsc12. The van der Waals surface area contributed by atoms with Crippen molar-refractivity contribution in [2.75, 3.05) is 0 Å². The maximum absolute atomic E-state index is 4.23. The van der Waals surface area contributed by atoms with Crippen LogP contribution < -0.4 is 0 Å². The van der Waals surface area contributed by atoms with Crippen LogP contribution in [0, 0.1) is 27.7 Å². The third kappa shape index (κ3) is 6.83. The zero-order valence-electron chi connectivity index (χ0n) is 22.1. The molecule has 0 spiro atoms. The van der Waals surface area contributed by atoms with E-state index in [1.165, 1.54) is 24.5 Å². The highest BCUT2D eigenvalue weighted by molar-refractivity contribution is 7.19. The van der Waals surface area contributed by atoms with Gasteiger partial charge in [0.25, 0.3) is 0 Å². The molecule has 0 aliphatic carbocycles. The predicted octanol–water partition coefficient (Wildman–Crippen LogP) is 8.00. The van der Waals surface area contributed by atoms with Crippen LogP contribution in [0.15, 0.2) is 71.9 Å². The molecule has 8 rings (SSSR count). The number of aryl methyl sites for hydroxylation is 4. The fraction of sp³-hybridized carbons (Fsp3) is 0.143. The number of hydrogen-bond acceptors (Lipinski definition) is 12. The minimum atomic E-state index is 0.839. The summed E-state index contributed by atoms with van der Waals surface area (Å²) in [6.07, 6.45) is 10.3. The monoisotopic (exact) mass is 600 g/mol. The van der Waals surface area contributed by atoms with Gasteiger partial charge in [-0.25, -0.2) is 39.9 Å². The molecule has 0 N–H and O–H groups in total. The van der Waals surface area contributed by atoms with Gasteiger partial charge in [-0.15, -0.1) is 45.3 Å². The molecule has 0 saturated heterocycles. The van der Waals surface area contributed by atoms with Gasteiger partial charge in [-0.05, 0) is 67.6 Å². The molecule has 12 heteroatoms. The average Bonchev–Trinajstić information content (AvgIpc) is 3.76. The second-order valence-corrected chi connectivity index (χ2v) is 12.5. The van der Waals surface area contributed by atoms with E-state index in [0.717, 1.165) is 38.3 Å². The molecule has 0 bridgehead atoms. The molecule has 8 aromatic rings. The van der Waals surface area contributed by atoms with Crippen molar-refractivity contribution in [3.8, 4) is 0 Å². The Morgan fingerprint density at radius 3 is 2.17 bits per heavy atom. The van der Waals surface area contributed by atoms with Crippen LogP contribution in [-0.4, -0.2) is 39.9 Å². The van der Waals surface area contributed by atoms with Crippen LogP contribution in [0.5, 0.6) is 0 Å². The molecular weight excluding hydrogens is 577 g/mol. The third-order valence-corrected chi connectivity index (χ3v) is 9.33. The predicted molar refractivity (Wildman–Crippen MR) is 169 cm³/mol. The summed E-state index contributed by atoms with van der Waals surface area (Å²) in [5, 5.41) is 6.16. The van der Waals surface area contributed by atoms with Gasteiger partial charge >= 0.3 is 0 Å². The topological polar surface area (TPSA) is 103 Å². The molecule has 0 aromatic carbocycles. The Hall–Kier alpha value is -3.84. The number of rotatable bonds is 0. The van der Waals surface area contributed by atoms with Crippen LogP contribution in [0.3, 0.4) is 0 Å². The molecular formula is C28H24N8S4. The molecule has 40 heavy (non-hydrogen) atoms. The van der Waals surface area contributed by atoms with Crippen LogP contribution in [-0.2, 0) is 0 Å². The van der Waals surface area contributed by atoms with E-state index in [0.29, 0.717) is 0 Å². The molecule has 0 atom stereocenters. The first-order chi connectivity index (χ1) is 19.5. The Morgan fingerprint density at radius 2 is 1.38 bits per heavy atom. The average molecular weight is 601 g/mol. The van der Waals surface area contributed by atoms with Crippen molar-refractivity contribution in [1.29, 1.82) is 0 Å². The molecule has 0 aliphatic heterocycles. The number of nitrogens with zero attached hydrogens (tertiary/aromatic N) is 8. The first-order valence-corrected chi connectivity index (χ1v) is 15.5. The second-order valence-electron chi connectivity index (χ2n) is 8.46. The van der Waals surface area contributed by atoms with Crippen LogP contribution in [0.25, 0.3) is 40.9 Å². The molecule has 200 valence electrons. The Bertz CT molecular complexity index is 1940. The molecule has 0 unspecified atom stereocenters. The van der Waals surface area contributed by atoms with E-state index in [4.69, 9.17) is 0 Å². The second kappa shape index (κ2) is 13.0. The Morgan fingerprint density at radius 1 is 0.625 bits per heavy atom. The summed E-state index contributed by atoms with van der Waals surface area (Å²) in [5.41, 5.74) is 6.55. The summed E-state index contributed by atoms with van der Waals surface area (Å²) in [4.78, 5) is 33.9. The van der Waals surface area contributed by atoms with E-state index in [1.807, 2.05) is 55.3 Å². The van der Waals surface area contributed by atoms with E-state index >= 15 is 0 Å². The lowest BCUT2D eigenvalue weighted by atomic mass is 10.3. The first kappa shape index (κ1) is 27.7. The fourth-order valence-corrected chi connectivity index (χ4v) is 6.78. The Labute approximate surface area is 246 Å². The molecule has 8 aromatic heterocycles. The summed E-state index contributed by atoms with van der Waals surface area (Å²) < 4.78 is 4.69. The van der Waals surface area contributed by atoms with Gasteiger partial charge in [0.1, 0.15) is 24.8 Å². The lowest BCUT2D eigenvalue weighted by Crippen LogP contribution is -1.83. The minimum absolute atomic E-state index is 0.839. The largest absolute Gasteiger partial charge is 0.243 e. The quantitative estimate of drug-likeness (QED) is 0.172. The van der Waals surface area contributed by atoms with E-state index in [-0.39, 0.29) is 0 Å². The van der Waals surface area contributed by atoms with Crippen LogP contribution in [0.2, 0.25) is 0 Å².